The highest BCUT2D eigenvalue weighted by Crippen LogP contribution is 2.50. The minimum absolute atomic E-state index is 0.00997. The van der Waals surface area contributed by atoms with Crippen LogP contribution in [-0.2, 0) is 14.6 Å². The highest BCUT2D eigenvalue weighted by molar-refractivity contribution is 7.82. The molecule has 1 aliphatic heterocycles. The fraction of sp³-hybridized carbons (Fsp3) is 0.250. The number of benzene rings is 2. The lowest BCUT2D eigenvalue weighted by Gasteiger charge is -2.32. The van der Waals surface area contributed by atoms with Gasteiger partial charge in [0.15, 0.2) is 11.5 Å². The summed E-state index contributed by atoms with van der Waals surface area (Å²) < 4.78 is 38.6. The summed E-state index contributed by atoms with van der Waals surface area (Å²) in [5.41, 5.74) is 3.35. The molecule has 128 valence electrons. The maximum absolute atomic E-state index is 11.8. The van der Waals surface area contributed by atoms with Crippen molar-refractivity contribution in [1.82, 2.24) is 0 Å². The molecule has 3 rings (SSSR count). The number of fused-ring (bicyclic) bond motifs is 2. The van der Waals surface area contributed by atoms with Crippen molar-refractivity contribution in [2.75, 3.05) is 31.0 Å². The Morgan fingerprint density at radius 3 is 2.58 bits per heavy atom. The molecule has 8 heteroatoms. The van der Waals surface area contributed by atoms with E-state index in [1.54, 1.807) is 19.1 Å². The fourth-order valence-electron chi connectivity index (χ4n) is 2.64. The maximum Gasteiger partial charge on any atom is 0.449 e. The third-order valence-corrected chi connectivity index (χ3v) is 4.55. The minimum atomic E-state index is -4.14. The molecular weight excluding hydrogens is 332 g/mol. The molecule has 0 spiro atoms. The Morgan fingerprint density at radius 1 is 1.12 bits per heavy atom. The largest absolute Gasteiger partial charge is 0.491 e. The molecule has 7 nitrogen and oxygen atoms in total. The number of nitrogens with one attached hydrogen (secondary N) is 1. The molecule has 2 aromatic carbocycles. The standard InChI is InChI=1S/C16H18N2O5S/c1-4-22-24(19,20)23-14-10-9-13-15(16(14)21-3)17-11-7-5-6-8-12(11)18(13)2/h5-10,17H,4H2,1-3H3. The van der Waals surface area contributed by atoms with E-state index in [0.29, 0.717) is 5.69 Å². The van der Waals surface area contributed by atoms with E-state index in [9.17, 15) is 8.42 Å². The Labute approximate surface area is 141 Å². The lowest BCUT2D eigenvalue weighted by Crippen LogP contribution is -2.19. The van der Waals surface area contributed by atoms with Crippen LogP contribution in [0.5, 0.6) is 11.5 Å². The third-order valence-electron chi connectivity index (χ3n) is 3.64. The predicted octanol–water partition coefficient (Wildman–Crippen LogP) is 3.18. The second-order valence-electron chi connectivity index (χ2n) is 5.09. The molecule has 1 aliphatic rings. The summed E-state index contributed by atoms with van der Waals surface area (Å²) in [4.78, 5) is 1.99. The monoisotopic (exact) mass is 350 g/mol. The van der Waals surface area contributed by atoms with Crippen molar-refractivity contribution in [1.29, 1.82) is 0 Å². The topological polar surface area (TPSA) is 77.1 Å². The van der Waals surface area contributed by atoms with Gasteiger partial charge < -0.3 is 19.1 Å². The number of ether oxygens (including phenoxy) is 1. The third kappa shape index (κ3) is 2.85. The number of hydrogen-bond donors (Lipinski definition) is 1. The molecule has 0 atom stereocenters. The first-order valence-electron chi connectivity index (χ1n) is 7.36. The number of methoxy groups -OCH3 is 1. The van der Waals surface area contributed by atoms with Gasteiger partial charge in [-0.2, -0.15) is 8.42 Å². The van der Waals surface area contributed by atoms with Gasteiger partial charge in [0.2, 0.25) is 0 Å². The van der Waals surface area contributed by atoms with Crippen LogP contribution >= 0.6 is 0 Å². The number of nitrogens with zero attached hydrogens (tertiary/aromatic N) is 1. The second kappa shape index (κ2) is 6.21. The van der Waals surface area contributed by atoms with Crippen molar-refractivity contribution in [3.8, 4) is 11.5 Å². The molecule has 2 aromatic rings. The molecule has 0 aromatic heterocycles. The van der Waals surface area contributed by atoms with Crippen molar-refractivity contribution in [3.63, 3.8) is 0 Å². The van der Waals surface area contributed by atoms with E-state index in [-0.39, 0.29) is 18.1 Å². The van der Waals surface area contributed by atoms with Crippen LogP contribution in [0, 0.1) is 0 Å². The smallest absolute Gasteiger partial charge is 0.449 e. The zero-order valence-corrected chi connectivity index (χ0v) is 14.4. The van der Waals surface area contributed by atoms with Gasteiger partial charge in [-0.15, -0.1) is 0 Å². The van der Waals surface area contributed by atoms with Crippen LogP contribution in [0.4, 0.5) is 22.7 Å². The molecule has 0 fully saturated rings. The van der Waals surface area contributed by atoms with Gasteiger partial charge >= 0.3 is 10.4 Å². The second-order valence-corrected chi connectivity index (χ2v) is 6.31. The zero-order chi connectivity index (χ0) is 17.3. The first-order valence-corrected chi connectivity index (χ1v) is 8.69. The molecule has 0 aliphatic carbocycles. The van der Waals surface area contributed by atoms with E-state index in [4.69, 9.17) is 8.92 Å². The molecule has 0 radical (unpaired) electrons. The average molecular weight is 350 g/mol. The van der Waals surface area contributed by atoms with Gasteiger partial charge in [-0.1, -0.05) is 12.1 Å². The molecular formula is C16H18N2O5S. The van der Waals surface area contributed by atoms with Gasteiger partial charge in [0.1, 0.15) is 5.69 Å². The number of hydrogen-bond acceptors (Lipinski definition) is 7. The summed E-state index contributed by atoms with van der Waals surface area (Å²) in [5, 5.41) is 3.27. The summed E-state index contributed by atoms with van der Waals surface area (Å²) in [6, 6.07) is 11.1. The van der Waals surface area contributed by atoms with Gasteiger partial charge in [0.25, 0.3) is 0 Å². The van der Waals surface area contributed by atoms with Crippen LogP contribution in [0.15, 0.2) is 36.4 Å². The summed E-state index contributed by atoms with van der Waals surface area (Å²) >= 11 is 0. The molecule has 0 amide bonds. The lowest BCUT2D eigenvalue weighted by molar-refractivity contribution is 0.283. The van der Waals surface area contributed by atoms with Gasteiger partial charge in [-0.25, -0.2) is 4.18 Å². The number of rotatable bonds is 5. The van der Waals surface area contributed by atoms with Crippen LogP contribution in [0.25, 0.3) is 0 Å². The summed E-state index contributed by atoms with van der Waals surface area (Å²) in [5.74, 6) is 0.349. The van der Waals surface area contributed by atoms with E-state index >= 15 is 0 Å². The van der Waals surface area contributed by atoms with Crippen LogP contribution in [-0.4, -0.2) is 29.2 Å². The predicted molar refractivity (Wildman–Crippen MR) is 92.0 cm³/mol. The number of para-hydroxylation sites is 2. The number of anilines is 4. The highest BCUT2D eigenvalue weighted by Gasteiger charge is 2.26. The van der Waals surface area contributed by atoms with Crippen molar-refractivity contribution in [3.05, 3.63) is 36.4 Å². The minimum Gasteiger partial charge on any atom is -0.491 e. The van der Waals surface area contributed by atoms with Crippen LogP contribution in [0.1, 0.15) is 6.92 Å². The Hall–Kier alpha value is -2.45. The molecule has 0 saturated heterocycles. The summed E-state index contributed by atoms with van der Waals surface area (Å²) in [7, 11) is -0.757. The van der Waals surface area contributed by atoms with Crippen LogP contribution in [0.3, 0.4) is 0 Å². The molecule has 0 unspecified atom stereocenters. The lowest BCUT2D eigenvalue weighted by atomic mass is 10.1. The molecule has 1 N–H and O–H groups in total. The van der Waals surface area contributed by atoms with E-state index in [1.807, 2.05) is 36.2 Å². The first-order chi connectivity index (χ1) is 11.5. The Kier molecular flexibility index (Phi) is 4.25. The van der Waals surface area contributed by atoms with Gasteiger partial charge in [0, 0.05) is 7.05 Å². The Balaban J connectivity index is 2.06. The van der Waals surface area contributed by atoms with E-state index in [2.05, 4.69) is 9.50 Å². The fourth-order valence-corrected chi connectivity index (χ4v) is 3.32. The van der Waals surface area contributed by atoms with Crippen molar-refractivity contribution in [2.45, 2.75) is 6.92 Å². The van der Waals surface area contributed by atoms with Crippen molar-refractivity contribution >= 4 is 33.1 Å². The van der Waals surface area contributed by atoms with E-state index < -0.39 is 10.4 Å². The highest BCUT2D eigenvalue weighted by atomic mass is 32.3. The quantitative estimate of drug-likeness (QED) is 0.887. The average Bonchev–Trinajstić information content (AvgIpc) is 2.54. The van der Waals surface area contributed by atoms with Gasteiger partial charge in [0.05, 0.1) is 30.8 Å². The first kappa shape index (κ1) is 16.4. The van der Waals surface area contributed by atoms with Crippen molar-refractivity contribution in [2.24, 2.45) is 0 Å². The van der Waals surface area contributed by atoms with Gasteiger partial charge in [-0.3, -0.25) is 0 Å². The zero-order valence-electron chi connectivity index (χ0n) is 13.6. The summed E-state index contributed by atoms with van der Waals surface area (Å²) in [6.07, 6.45) is 0. The maximum atomic E-state index is 11.8. The normalized spacial score (nSPS) is 12.9. The van der Waals surface area contributed by atoms with Crippen LogP contribution < -0.4 is 19.1 Å². The van der Waals surface area contributed by atoms with Crippen molar-refractivity contribution < 1.29 is 21.5 Å². The van der Waals surface area contributed by atoms with E-state index in [0.717, 1.165) is 17.1 Å². The molecule has 0 saturated carbocycles. The molecule has 1 heterocycles. The Morgan fingerprint density at radius 2 is 1.88 bits per heavy atom. The SMILES string of the molecule is CCOS(=O)(=O)Oc1ccc2c(c1OC)Nc1ccccc1N2C. The molecule has 0 bridgehead atoms. The van der Waals surface area contributed by atoms with E-state index in [1.165, 1.54) is 7.11 Å². The van der Waals surface area contributed by atoms with Gasteiger partial charge in [-0.05, 0) is 31.2 Å². The molecule has 24 heavy (non-hydrogen) atoms. The van der Waals surface area contributed by atoms with Crippen LogP contribution in [0.2, 0.25) is 0 Å². The summed E-state index contributed by atoms with van der Waals surface area (Å²) in [6.45, 7) is 1.56. The Bertz CT molecular complexity index is 867.